The van der Waals surface area contributed by atoms with Crippen LogP contribution in [0.15, 0.2) is 55.1 Å². The molecular weight excluding hydrogens is 434 g/mol. The molecule has 3 nitrogen and oxygen atoms in total. The van der Waals surface area contributed by atoms with Gasteiger partial charge in [0.05, 0.1) is 15.2 Å². The Morgan fingerprint density at radius 3 is 2.44 bits per heavy atom. The van der Waals surface area contributed by atoms with E-state index >= 15 is 0 Å². The van der Waals surface area contributed by atoms with Crippen molar-refractivity contribution in [2.75, 3.05) is 26.8 Å². The van der Waals surface area contributed by atoms with E-state index in [0.717, 1.165) is 24.6 Å². The van der Waals surface area contributed by atoms with Gasteiger partial charge < -0.3 is 14.4 Å². The Hall–Kier alpha value is -2.46. The molecule has 0 radical (unpaired) electrons. The summed E-state index contributed by atoms with van der Waals surface area (Å²) < 4.78 is 12.3. The second kappa shape index (κ2) is 9.65. The van der Waals surface area contributed by atoms with Crippen molar-refractivity contribution >= 4 is 19.0 Å². The Morgan fingerprint density at radius 1 is 1.09 bits per heavy atom. The molecule has 1 fully saturated rings. The number of hydrogen-bond donors (Lipinski definition) is 0. The molecule has 34 heavy (non-hydrogen) atoms. The molecule has 2 aromatic carbocycles. The summed E-state index contributed by atoms with van der Waals surface area (Å²) >= 11 is 0. The molecule has 182 valence electrons. The van der Waals surface area contributed by atoms with Gasteiger partial charge in [0, 0.05) is 35.5 Å². The second-order valence-corrected chi connectivity index (χ2v) is 15.9. The first-order valence-electron chi connectivity index (χ1n) is 12.7. The number of ether oxygens (including phenoxy) is 2. The smallest absolute Gasteiger partial charge is 0.123 e. The summed E-state index contributed by atoms with van der Waals surface area (Å²) in [5, 5.41) is 1.33. The van der Waals surface area contributed by atoms with Crippen molar-refractivity contribution in [3.63, 3.8) is 0 Å². The number of nitrogens with zero attached hydrogens (tertiary/aromatic N) is 1. The fraction of sp³-hybridized carbons (Fsp3) is 0.467. The maximum atomic E-state index is 6.45. The van der Waals surface area contributed by atoms with Gasteiger partial charge in [0.2, 0.25) is 0 Å². The lowest BCUT2D eigenvalue weighted by molar-refractivity contribution is 0.326. The van der Waals surface area contributed by atoms with E-state index in [1.54, 1.807) is 7.11 Å². The molecule has 1 saturated heterocycles. The Morgan fingerprint density at radius 2 is 1.79 bits per heavy atom. The molecule has 0 N–H and O–H groups in total. The van der Waals surface area contributed by atoms with Crippen LogP contribution in [0.2, 0.25) is 13.1 Å². The minimum atomic E-state index is -2.10. The minimum absolute atomic E-state index is 0.0628. The number of allylic oxidation sites excluding steroid dienone is 1. The van der Waals surface area contributed by atoms with Crippen LogP contribution in [0.1, 0.15) is 62.3 Å². The number of benzene rings is 2. The van der Waals surface area contributed by atoms with Crippen LogP contribution in [0.5, 0.6) is 11.5 Å². The van der Waals surface area contributed by atoms with Crippen LogP contribution >= 0.6 is 0 Å². The normalized spacial score (nSPS) is 18.4. The Bertz CT molecular complexity index is 1070. The molecule has 0 amide bonds. The average Bonchev–Trinajstić information content (AvgIpc) is 3.23. The first kappa shape index (κ1) is 24.7. The van der Waals surface area contributed by atoms with Crippen LogP contribution in [0.3, 0.4) is 0 Å². The summed E-state index contributed by atoms with van der Waals surface area (Å²) in [5.74, 6) is 1.94. The summed E-state index contributed by atoms with van der Waals surface area (Å²) in [7, 11) is -0.330. The number of piperidine rings is 1. The molecule has 0 saturated carbocycles. The standard InChI is InChI=1S/C30H41NO2Si/c1-8-18-33-29-25(30(2,3)4)19-22(32-5)20-28(29)34(6,7)27-21-26(31-16-12-9-13-17-31)23-14-10-11-15-24(23)27/h8,10-11,14-15,19-21,27H,1,9,12-13,16-18H2,2-7H3. The van der Waals surface area contributed by atoms with Crippen molar-refractivity contribution < 1.29 is 9.47 Å². The van der Waals surface area contributed by atoms with Gasteiger partial charge in [-0.1, -0.05) is 76.9 Å². The number of likely N-dealkylation sites (tertiary alicyclic amines) is 1. The Balaban J connectivity index is 1.88. The van der Waals surface area contributed by atoms with Crippen LogP contribution in [0, 0.1) is 0 Å². The first-order valence-corrected chi connectivity index (χ1v) is 15.8. The molecule has 2 aromatic rings. The second-order valence-electron chi connectivity index (χ2n) is 11.3. The Kier molecular flexibility index (Phi) is 7.00. The molecule has 1 unspecified atom stereocenters. The zero-order valence-electron chi connectivity index (χ0n) is 21.9. The maximum Gasteiger partial charge on any atom is 0.123 e. The minimum Gasteiger partial charge on any atom is -0.497 e. The van der Waals surface area contributed by atoms with Crippen LogP contribution in [0.4, 0.5) is 0 Å². The monoisotopic (exact) mass is 475 g/mol. The molecule has 0 spiro atoms. The van der Waals surface area contributed by atoms with Gasteiger partial charge in [-0.05, 0) is 47.6 Å². The predicted molar refractivity (Wildman–Crippen MR) is 147 cm³/mol. The van der Waals surface area contributed by atoms with Crippen molar-refractivity contribution in [2.45, 2.75) is 64.1 Å². The van der Waals surface area contributed by atoms with Gasteiger partial charge in [0.1, 0.15) is 18.1 Å². The number of fused-ring (bicyclic) bond motifs is 1. The highest BCUT2D eigenvalue weighted by molar-refractivity contribution is 6.92. The van der Waals surface area contributed by atoms with Gasteiger partial charge in [-0.2, -0.15) is 0 Å². The van der Waals surface area contributed by atoms with Crippen molar-refractivity contribution in [3.8, 4) is 11.5 Å². The summed E-state index contributed by atoms with van der Waals surface area (Å²) in [6.45, 7) is 18.5. The molecular formula is C30H41NO2Si. The van der Waals surface area contributed by atoms with Crippen molar-refractivity contribution in [1.29, 1.82) is 0 Å². The van der Waals surface area contributed by atoms with E-state index in [4.69, 9.17) is 9.47 Å². The number of methoxy groups -OCH3 is 1. The molecule has 0 aromatic heterocycles. The van der Waals surface area contributed by atoms with E-state index in [-0.39, 0.29) is 5.41 Å². The fourth-order valence-corrected chi connectivity index (χ4v) is 8.81. The third kappa shape index (κ3) is 4.57. The van der Waals surface area contributed by atoms with Crippen molar-refractivity contribution in [3.05, 3.63) is 71.8 Å². The molecule has 1 aliphatic carbocycles. The van der Waals surface area contributed by atoms with Crippen molar-refractivity contribution in [1.82, 2.24) is 4.90 Å². The van der Waals surface area contributed by atoms with Gasteiger partial charge in [-0.3, -0.25) is 0 Å². The molecule has 1 atom stereocenters. The lowest BCUT2D eigenvalue weighted by Gasteiger charge is -2.34. The molecule has 4 rings (SSSR count). The lowest BCUT2D eigenvalue weighted by atomic mass is 9.86. The van der Waals surface area contributed by atoms with Crippen LogP contribution in [-0.4, -0.2) is 39.8 Å². The van der Waals surface area contributed by atoms with E-state index in [1.807, 2.05) is 6.08 Å². The van der Waals surface area contributed by atoms with Gasteiger partial charge in [-0.15, -0.1) is 0 Å². The quantitative estimate of drug-likeness (QED) is 0.331. The van der Waals surface area contributed by atoms with Gasteiger partial charge in [0.25, 0.3) is 0 Å². The number of rotatable bonds is 7. The zero-order chi connectivity index (χ0) is 24.5. The van der Waals surface area contributed by atoms with E-state index < -0.39 is 8.07 Å². The molecule has 1 heterocycles. The summed E-state index contributed by atoms with van der Waals surface area (Å²) in [5.41, 5.74) is 5.85. The average molecular weight is 476 g/mol. The first-order chi connectivity index (χ1) is 16.2. The van der Waals surface area contributed by atoms with Crippen LogP contribution in [0.25, 0.3) is 5.70 Å². The van der Waals surface area contributed by atoms with Crippen LogP contribution < -0.4 is 14.7 Å². The highest BCUT2D eigenvalue weighted by atomic mass is 28.3. The summed E-state index contributed by atoms with van der Waals surface area (Å²) in [6.07, 6.45) is 8.34. The fourth-order valence-electron chi connectivity index (χ4n) is 5.57. The third-order valence-corrected chi connectivity index (χ3v) is 11.3. The summed E-state index contributed by atoms with van der Waals surface area (Å²) in [6, 6.07) is 13.5. The van der Waals surface area contributed by atoms with Crippen LogP contribution in [-0.2, 0) is 5.41 Å². The SMILES string of the molecule is C=CCOc1c(C(C)(C)C)cc(OC)cc1[Si](C)(C)C1C=C(N2CCCCC2)c2ccccc21. The summed E-state index contributed by atoms with van der Waals surface area (Å²) in [4.78, 5) is 2.62. The van der Waals surface area contributed by atoms with Gasteiger partial charge >= 0.3 is 0 Å². The highest BCUT2D eigenvalue weighted by Gasteiger charge is 2.42. The molecule has 0 bridgehead atoms. The third-order valence-electron chi connectivity index (χ3n) is 7.52. The zero-order valence-corrected chi connectivity index (χ0v) is 22.9. The molecule has 4 heteroatoms. The van der Waals surface area contributed by atoms with E-state index in [0.29, 0.717) is 12.1 Å². The number of hydrogen-bond acceptors (Lipinski definition) is 3. The van der Waals surface area contributed by atoms with Crippen molar-refractivity contribution in [2.24, 2.45) is 0 Å². The molecule has 2 aliphatic rings. The van der Waals surface area contributed by atoms with E-state index in [1.165, 1.54) is 46.8 Å². The maximum absolute atomic E-state index is 6.45. The van der Waals surface area contributed by atoms with E-state index in [2.05, 4.69) is 87.8 Å². The highest BCUT2D eigenvalue weighted by Crippen LogP contribution is 2.45. The van der Waals surface area contributed by atoms with Gasteiger partial charge in [0.15, 0.2) is 0 Å². The predicted octanol–water partition coefficient (Wildman–Crippen LogP) is 6.64. The van der Waals surface area contributed by atoms with E-state index in [9.17, 15) is 0 Å². The molecule has 1 aliphatic heterocycles. The lowest BCUT2D eigenvalue weighted by Crippen LogP contribution is -2.48. The van der Waals surface area contributed by atoms with Gasteiger partial charge in [-0.25, -0.2) is 0 Å². The topological polar surface area (TPSA) is 21.7 Å². The Labute approximate surface area is 207 Å². The largest absolute Gasteiger partial charge is 0.497 e.